The molecular weight excluding hydrogens is 250 g/mol. The van der Waals surface area contributed by atoms with E-state index in [1.165, 1.54) is 11.3 Å². The third-order valence-corrected chi connectivity index (χ3v) is 3.01. The fourth-order valence-electron chi connectivity index (χ4n) is 1.39. The van der Waals surface area contributed by atoms with Crippen LogP contribution in [0.15, 0.2) is 23.7 Å². The van der Waals surface area contributed by atoms with Crippen molar-refractivity contribution in [2.45, 2.75) is 13.8 Å². The fraction of sp³-hybridized carbons (Fsp3) is 0.250. The van der Waals surface area contributed by atoms with Crippen molar-refractivity contribution >= 4 is 22.4 Å². The Hall–Kier alpha value is -1.95. The van der Waals surface area contributed by atoms with Crippen LogP contribution in [0.3, 0.4) is 0 Å². The number of nitrogens with one attached hydrogen (secondary N) is 1. The van der Waals surface area contributed by atoms with E-state index >= 15 is 0 Å². The van der Waals surface area contributed by atoms with Gasteiger partial charge in [-0.1, -0.05) is 0 Å². The average Bonchev–Trinajstić information content (AvgIpc) is 2.76. The Labute approximate surface area is 109 Å². The summed E-state index contributed by atoms with van der Waals surface area (Å²) in [5, 5.41) is 5.18. The molecule has 2 rings (SSSR count). The highest BCUT2D eigenvalue weighted by Crippen LogP contribution is 2.19. The third kappa shape index (κ3) is 2.84. The summed E-state index contributed by atoms with van der Waals surface area (Å²) < 4.78 is 5.31. The second-order valence-electron chi connectivity index (χ2n) is 3.54. The number of pyridine rings is 1. The van der Waals surface area contributed by atoms with Crippen molar-refractivity contribution in [1.29, 1.82) is 0 Å². The van der Waals surface area contributed by atoms with Gasteiger partial charge in [0.2, 0.25) is 5.88 Å². The van der Waals surface area contributed by atoms with E-state index in [1.54, 1.807) is 18.3 Å². The molecule has 0 aliphatic carbocycles. The van der Waals surface area contributed by atoms with Crippen LogP contribution in [0.5, 0.6) is 5.88 Å². The van der Waals surface area contributed by atoms with E-state index in [1.807, 2.05) is 19.2 Å². The molecule has 0 aliphatic heterocycles. The molecule has 0 bridgehead atoms. The predicted molar refractivity (Wildman–Crippen MR) is 70.2 cm³/mol. The van der Waals surface area contributed by atoms with Crippen LogP contribution in [0.25, 0.3) is 0 Å². The van der Waals surface area contributed by atoms with E-state index in [2.05, 4.69) is 15.3 Å². The molecule has 2 aromatic rings. The number of anilines is 1. The second-order valence-corrected chi connectivity index (χ2v) is 4.40. The quantitative estimate of drug-likeness (QED) is 0.920. The van der Waals surface area contributed by atoms with Crippen LogP contribution in [-0.4, -0.2) is 22.5 Å². The number of aromatic nitrogens is 2. The van der Waals surface area contributed by atoms with Gasteiger partial charge in [-0.2, -0.15) is 0 Å². The summed E-state index contributed by atoms with van der Waals surface area (Å²) >= 11 is 1.39. The first kappa shape index (κ1) is 12.5. The van der Waals surface area contributed by atoms with Gasteiger partial charge in [0.15, 0.2) is 5.13 Å². The van der Waals surface area contributed by atoms with Crippen LogP contribution >= 0.6 is 11.3 Å². The van der Waals surface area contributed by atoms with Crippen LogP contribution in [-0.2, 0) is 0 Å². The summed E-state index contributed by atoms with van der Waals surface area (Å²) in [6.07, 6.45) is 1.59. The Kier molecular flexibility index (Phi) is 3.88. The molecule has 6 heteroatoms. The minimum atomic E-state index is -0.263. The Morgan fingerprint density at radius 3 is 3.06 bits per heavy atom. The first-order valence-corrected chi connectivity index (χ1v) is 6.40. The van der Waals surface area contributed by atoms with Crippen LogP contribution in [0.1, 0.15) is 23.0 Å². The number of nitrogens with zero attached hydrogens (tertiary/aromatic N) is 2. The summed E-state index contributed by atoms with van der Waals surface area (Å²) in [5.41, 5.74) is 1.29. The summed E-state index contributed by atoms with van der Waals surface area (Å²) in [6.45, 7) is 4.19. The lowest BCUT2D eigenvalue weighted by Crippen LogP contribution is -2.14. The molecule has 0 saturated heterocycles. The van der Waals surface area contributed by atoms with Gasteiger partial charge >= 0.3 is 0 Å². The van der Waals surface area contributed by atoms with Crippen LogP contribution < -0.4 is 10.1 Å². The standard InChI is InChI=1S/C12H13N3O2S/c1-3-17-11-9(5-4-6-13-11)10(16)15-12-14-8(2)7-18-12/h4-7H,3H2,1-2H3,(H,14,15,16). The van der Waals surface area contributed by atoms with Crippen LogP contribution in [0, 0.1) is 6.92 Å². The van der Waals surface area contributed by atoms with E-state index in [-0.39, 0.29) is 5.91 Å². The van der Waals surface area contributed by atoms with Gasteiger partial charge in [-0.05, 0) is 26.0 Å². The maximum absolute atomic E-state index is 12.1. The molecule has 0 aliphatic rings. The molecule has 0 aromatic carbocycles. The predicted octanol–water partition coefficient (Wildman–Crippen LogP) is 2.50. The van der Waals surface area contributed by atoms with Gasteiger partial charge in [0.05, 0.1) is 12.3 Å². The SMILES string of the molecule is CCOc1ncccc1C(=O)Nc1nc(C)cs1. The molecule has 2 aromatic heterocycles. The number of carbonyl (C=O) groups excluding carboxylic acids is 1. The third-order valence-electron chi connectivity index (χ3n) is 2.14. The van der Waals surface area contributed by atoms with Gasteiger partial charge in [-0.15, -0.1) is 11.3 Å². The number of thiazole rings is 1. The normalized spacial score (nSPS) is 10.1. The highest BCUT2D eigenvalue weighted by Gasteiger charge is 2.14. The van der Waals surface area contributed by atoms with Crippen LogP contribution in [0.2, 0.25) is 0 Å². The molecule has 1 amide bonds. The zero-order chi connectivity index (χ0) is 13.0. The van der Waals surface area contributed by atoms with Gasteiger partial charge in [-0.3, -0.25) is 10.1 Å². The molecule has 0 spiro atoms. The van der Waals surface area contributed by atoms with Crippen molar-refractivity contribution < 1.29 is 9.53 Å². The van der Waals surface area contributed by atoms with Gasteiger partial charge in [0.25, 0.3) is 5.91 Å². The Morgan fingerprint density at radius 2 is 2.39 bits per heavy atom. The number of hydrogen-bond acceptors (Lipinski definition) is 5. The summed E-state index contributed by atoms with van der Waals surface area (Å²) in [7, 11) is 0. The largest absolute Gasteiger partial charge is 0.477 e. The lowest BCUT2D eigenvalue weighted by atomic mass is 10.2. The van der Waals surface area contributed by atoms with E-state index in [4.69, 9.17) is 4.74 Å². The maximum atomic E-state index is 12.1. The van der Waals surface area contributed by atoms with E-state index in [0.29, 0.717) is 23.2 Å². The van der Waals surface area contributed by atoms with Gasteiger partial charge < -0.3 is 4.74 Å². The molecule has 0 unspecified atom stereocenters. The minimum Gasteiger partial charge on any atom is -0.477 e. The molecule has 0 radical (unpaired) electrons. The van der Waals surface area contributed by atoms with Crippen molar-refractivity contribution in [2.24, 2.45) is 0 Å². The number of aryl methyl sites for hydroxylation is 1. The van der Waals surface area contributed by atoms with Crippen LogP contribution in [0.4, 0.5) is 5.13 Å². The smallest absolute Gasteiger partial charge is 0.262 e. The van der Waals surface area contributed by atoms with Crippen molar-refractivity contribution in [3.63, 3.8) is 0 Å². The zero-order valence-corrected chi connectivity index (χ0v) is 11.0. The number of amides is 1. The lowest BCUT2D eigenvalue weighted by Gasteiger charge is -2.07. The van der Waals surface area contributed by atoms with E-state index in [0.717, 1.165) is 5.69 Å². The summed E-state index contributed by atoms with van der Waals surface area (Å²) in [6, 6.07) is 3.37. The molecule has 18 heavy (non-hydrogen) atoms. The minimum absolute atomic E-state index is 0.263. The van der Waals surface area contributed by atoms with Gasteiger partial charge in [-0.25, -0.2) is 9.97 Å². The first-order valence-electron chi connectivity index (χ1n) is 5.52. The number of ether oxygens (including phenoxy) is 1. The highest BCUT2D eigenvalue weighted by molar-refractivity contribution is 7.13. The number of hydrogen-bond donors (Lipinski definition) is 1. The van der Waals surface area contributed by atoms with Gasteiger partial charge in [0, 0.05) is 11.6 Å². The fourth-order valence-corrected chi connectivity index (χ4v) is 2.07. The highest BCUT2D eigenvalue weighted by atomic mass is 32.1. The number of rotatable bonds is 4. The van der Waals surface area contributed by atoms with E-state index in [9.17, 15) is 4.79 Å². The van der Waals surface area contributed by atoms with Crippen molar-refractivity contribution in [3.05, 3.63) is 35.0 Å². The zero-order valence-electron chi connectivity index (χ0n) is 10.1. The van der Waals surface area contributed by atoms with Crippen molar-refractivity contribution in [1.82, 2.24) is 9.97 Å². The molecule has 2 heterocycles. The Balaban J connectivity index is 2.18. The second kappa shape index (κ2) is 5.59. The van der Waals surface area contributed by atoms with Crippen molar-refractivity contribution in [2.75, 3.05) is 11.9 Å². The molecule has 94 valence electrons. The summed E-state index contributed by atoms with van der Waals surface area (Å²) in [4.78, 5) is 20.3. The monoisotopic (exact) mass is 263 g/mol. The molecular formula is C12H13N3O2S. The molecule has 0 atom stereocenters. The molecule has 5 nitrogen and oxygen atoms in total. The maximum Gasteiger partial charge on any atom is 0.262 e. The van der Waals surface area contributed by atoms with Gasteiger partial charge in [0.1, 0.15) is 5.56 Å². The number of carbonyl (C=O) groups is 1. The Bertz CT molecular complexity index is 554. The molecule has 0 saturated carbocycles. The topological polar surface area (TPSA) is 64.1 Å². The average molecular weight is 263 g/mol. The lowest BCUT2D eigenvalue weighted by molar-refractivity contribution is 0.102. The molecule has 1 N–H and O–H groups in total. The summed E-state index contributed by atoms with van der Waals surface area (Å²) in [5.74, 6) is 0.0756. The molecule has 0 fully saturated rings. The van der Waals surface area contributed by atoms with E-state index < -0.39 is 0 Å². The first-order chi connectivity index (χ1) is 8.70. The Morgan fingerprint density at radius 1 is 1.56 bits per heavy atom. The van der Waals surface area contributed by atoms with Crippen molar-refractivity contribution in [3.8, 4) is 5.88 Å².